The highest BCUT2D eigenvalue weighted by Crippen LogP contribution is 2.38. The van der Waals surface area contributed by atoms with Crippen molar-refractivity contribution < 1.29 is 44.2 Å². The number of nitrogens with one attached hydrogen (secondary N) is 2. The van der Waals surface area contributed by atoms with Crippen molar-refractivity contribution in [3.05, 3.63) is 58.7 Å². The third-order valence-corrected chi connectivity index (χ3v) is 6.32. The average Bonchev–Trinajstić information content (AvgIpc) is 2.86. The Morgan fingerprint density at radius 1 is 0.951 bits per heavy atom. The van der Waals surface area contributed by atoms with Crippen LogP contribution in [0.2, 0.25) is 0 Å². The Kier molecular flexibility index (Phi) is 11.5. The number of halogens is 6. The number of nitrogens with two attached hydrogens (primary N) is 1. The van der Waals surface area contributed by atoms with E-state index in [1.165, 1.54) is 19.2 Å². The van der Waals surface area contributed by atoms with Crippen molar-refractivity contribution in [1.82, 2.24) is 0 Å². The van der Waals surface area contributed by atoms with Gasteiger partial charge in [-0.3, -0.25) is 4.55 Å². The molecule has 0 saturated heterocycles. The number of alkyl halides is 6. The molecule has 0 unspecified atom stereocenters. The second kappa shape index (κ2) is 13.7. The first-order valence-electron chi connectivity index (χ1n) is 12.6. The smallest absolute Gasteiger partial charge is 0.399 e. The number of nitrogens with zero attached hydrogens (tertiary/aromatic N) is 1. The predicted molar refractivity (Wildman–Crippen MR) is 145 cm³/mol. The van der Waals surface area contributed by atoms with Gasteiger partial charge >= 0.3 is 12.4 Å². The number of fused-ring (bicyclic) bond motifs is 2. The Bertz CT molecular complexity index is 1310. The van der Waals surface area contributed by atoms with E-state index in [2.05, 4.69) is 15.8 Å². The Morgan fingerprint density at radius 2 is 1.44 bits per heavy atom. The maximum atomic E-state index is 12.7. The van der Waals surface area contributed by atoms with Crippen molar-refractivity contribution >= 4 is 27.2 Å². The van der Waals surface area contributed by atoms with E-state index in [4.69, 9.17) is 15.1 Å². The van der Waals surface area contributed by atoms with E-state index in [-0.39, 0.29) is 18.1 Å². The minimum atomic E-state index is -4.35. The fourth-order valence-electron chi connectivity index (χ4n) is 4.30. The third kappa shape index (κ3) is 10.4. The molecule has 0 spiro atoms. The highest BCUT2D eigenvalue weighted by Gasteiger charge is 2.34. The number of oxime groups is 1. The zero-order chi connectivity index (χ0) is 31.2. The van der Waals surface area contributed by atoms with Crippen LogP contribution in [0.3, 0.4) is 0 Å². The van der Waals surface area contributed by atoms with E-state index in [0.29, 0.717) is 41.6 Å². The van der Waals surface area contributed by atoms with Crippen molar-refractivity contribution in [2.45, 2.75) is 70.0 Å². The maximum Gasteiger partial charge on any atom is 0.416 e. The number of benzene rings is 2. The van der Waals surface area contributed by atoms with Crippen LogP contribution in [0.5, 0.6) is 0 Å². The van der Waals surface area contributed by atoms with Crippen LogP contribution < -0.4 is 16.4 Å². The molecular formula is C26H34F6N4O4S. The fourth-order valence-corrected chi connectivity index (χ4v) is 4.30. The summed E-state index contributed by atoms with van der Waals surface area (Å²) >= 11 is 0. The van der Waals surface area contributed by atoms with Crippen LogP contribution in [0.1, 0.15) is 67.8 Å². The monoisotopic (exact) mass is 612 g/mol. The molecule has 15 heteroatoms. The summed E-state index contributed by atoms with van der Waals surface area (Å²) < 4.78 is 102. The van der Waals surface area contributed by atoms with Crippen molar-refractivity contribution in [2.24, 2.45) is 10.9 Å². The second-order valence-electron chi connectivity index (χ2n) is 9.56. The summed E-state index contributed by atoms with van der Waals surface area (Å²) in [6.45, 7) is 4.04. The van der Waals surface area contributed by atoms with Crippen LogP contribution in [0.15, 0.2) is 41.6 Å². The van der Waals surface area contributed by atoms with Crippen LogP contribution in [-0.4, -0.2) is 44.1 Å². The molecule has 0 fully saturated rings. The lowest BCUT2D eigenvalue weighted by molar-refractivity contribution is -0.138. The van der Waals surface area contributed by atoms with Crippen LogP contribution in [0, 0.1) is 0 Å². The van der Waals surface area contributed by atoms with Crippen molar-refractivity contribution in [2.75, 3.05) is 24.0 Å². The van der Waals surface area contributed by atoms with Gasteiger partial charge in [-0.1, -0.05) is 19.0 Å². The molecule has 2 aliphatic heterocycles. The molecule has 2 aromatic rings. The first-order valence-corrected chi connectivity index (χ1v) is 14.5. The van der Waals surface area contributed by atoms with E-state index in [1.807, 2.05) is 13.8 Å². The fraction of sp³-hybridized carbons (Fsp3) is 0.500. The van der Waals surface area contributed by atoms with Crippen LogP contribution in [-0.2, 0) is 27.3 Å². The summed E-state index contributed by atoms with van der Waals surface area (Å²) in [5.41, 5.74) is 7.57. The lowest BCUT2D eigenvalue weighted by atomic mass is 9.91. The quantitative estimate of drug-likeness (QED) is 0.178. The molecule has 0 bridgehead atoms. The van der Waals surface area contributed by atoms with Gasteiger partial charge in [0, 0.05) is 41.5 Å². The molecule has 0 saturated carbocycles. The van der Waals surface area contributed by atoms with Crippen LogP contribution in [0.4, 0.5) is 37.7 Å². The molecule has 5 N–H and O–H groups in total. The highest BCUT2D eigenvalue weighted by molar-refractivity contribution is 7.85. The van der Waals surface area contributed by atoms with Crippen molar-refractivity contribution in [1.29, 1.82) is 0 Å². The SMILES string of the molecule is CC[C@@H]1C/C(=N\OC)c2cc(C(F)(F)F)ccc2N1.CC[C@@H]1C[C@H](N)c2cc(C(F)(F)F)ccc2N1.CS(=O)(=O)O. The van der Waals surface area contributed by atoms with Gasteiger partial charge in [-0.2, -0.15) is 34.8 Å². The van der Waals surface area contributed by atoms with Crippen LogP contribution >= 0.6 is 0 Å². The third-order valence-electron chi connectivity index (χ3n) is 6.32. The highest BCUT2D eigenvalue weighted by atomic mass is 32.2. The summed E-state index contributed by atoms with van der Waals surface area (Å²) in [6, 6.07) is 7.45. The molecular weight excluding hydrogens is 578 g/mol. The first-order chi connectivity index (χ1) is 18.9. The number of anilines is 2. The molecule has 2 aromatic carbocycles. The topological polar surface area (TPSA) is 126 Å². The van der Waals surface area contributed by atoms with E-state index < -0.39 is 33.6 Å². The normalized spacial score (nSPS) is 21.1. The van der Waals surface area contributed by atoms with E-state index in [9.17, 15) is 34.8 Å². The second-order valence-corrected chi connectivity index (χ2v) is 11.0. The summed E-state index contributed by atoms with van der Waals surface area (Å²) in [5, 5.41) is 10.3. The summed E-state index contributed by atoms with van der Waals surface area (Å²) in [6.07, 6.45) is -4.95. The van der Waals surface area contributed by atoms with Gasteiger partial charge in [0.1, 0.15) is 7.11 Å². The number of hydrogen-bond donors (Lipinski definition) is 4. The summed E-state index contributed by atoms with van der Waals surface area (Å²) in [4.78, 5) is 4.74. The molecule has 0 amide bonds. The molecule has 0 aromatic heterocycles. The van der Waals surface area contributed by atoms with Gasteiger partial charge in [0.25, 0.3) is 10.1 Å². The molecule has 2 aliphatic rings. The van der Waals surface area contributed by atoms with Gasteiger partial charge in [-0.05, 0) is 61.2 Å². The van der Waals surface area contributed by atoms with Crippen LogP contribution in [0.25, 0.3) is 0 Å². The zero-order valence-corrected chi connectivity index (χ0v) is 23.7. The van der Waals surface area contributed by atoms with Crippen molar-refractivity contribution in [3.63, 3.8) is 0 Å². The Balaban J connectivity index is 0.000000248. The summed E-state index contributed by atoms with van der Waals surface area (Å²) in [5.74, 6) is 0. The van der Waals surface area contributed by atoms with Gasteiger partial charge in [0.15, 0.2) is 0 Å². The minimum Gasteiger partial charge on any atom is -0.399 e. The van der Waals surface area contributed by atoms with E-state index in [1.54, 1.807) is 0 Å². The molecule has 230 valence electrons. The standard InChI is InChI=1S/C13H15F3N2O.C12H15F3N2.CH4O3S/c1-3-9-7-12(18-19-2)10-6-8(13(14,15)16)4-5-11(10)17-9;1-2-8-6-10(16)9-5-7(12(13,14)15)3-4-11(9)17-8;1-5(2,3)4/h4-6,9,17H,3,7H2,1-2H3;3-5,8,10,17H,2,6,16H2,1H3;1H3,(H,2,3,4)/b18-12+;;/t9-;8-,10+;/m11./s1. The predicted octanol–water partition coefficient (Wildman–Crippen LogP) is 6.45. The largest absolute Gasteiger partial charge is 0.416 e. The lowest BCUT2D eigenvalue weighted by Crippen LogP contribution is -2.31. The summed E-state index contributed by atoms with van der Waals surface area (Å²) in [7, 11) is -2.27. The Labute approximate surface area is 235 Å². The van der Waals surface area contributed by atoms with E-state index in [0.717, 1.165) is 42.8 Å². The average molecular weight is 613 g/mol. The molecule has 2 heterocycles. The minimum absolute atomic E-state index is 0.165. The lowest BCUT2D eigenvalue weighted by Gasteiger charge is -2.31. The van der Waals surface area contributed by atoms with Crippen molar-refractivity contribution in [3.8, 4) is 0 Å². The molecule has 4 rings (SSSR count). The Hall–Kier alpha value is -3.04. The molecule has 0 aliphatic carbocycles. The molecule has 41 heavy (non-hydrogen) atoms. The van der Waals surface area contributed by atoms with Gasteiger partial charge in [0.05, 0.1) is 23.1 Å². The number of rotatable bonds is 3. The van der Waals surface area contributed by atoms with Gasteiger partial charge in [-0.25, -0.2) is 0 Å². The maximum absolute atomic E-state index is 12.7. The molecule has 3 atom stereocenters. The van der Waals surface area contributed by atoms with Gasteiger partial charge in [-0.15, -0.1) is 0 Å². The zero-order valence-electron chi connectivity index (χ0n) is 22.9. The molecule has 8 nitrogen and oxygen atoms in total. The van der Waals surface area contributed by atoms with Gasteiger partial charge < -0.3 is 21.2 Å². The first kappa shape index (κ1) is 34.2. The molecule has 0 radical (unpaired) electrons. The number of hydrogen-bond acceptors (Lipinski definition) is 7. The van der Waals surface area contributed by atoms with E-state index >= 15 is 0 Å². The Morgan fingerprint density at radius 3 is 1.93 bits per heavy atom. The van der Waals surface area contributed by atoms with Gasteiger partial charge in [0.2, 0.25) is 0 Å².